The number of hydrogen-bond donors (Lipinski definition) is 3. The van der Waals surface area contributed by atoms with Crippen LogP contribution < -0.4 is 16.0 Å². The van der Waals surface area contributed by atoms with Crippen LogP contribution in [0.4, 0.5) is 5.69 Å². The summed E-state index contributed by atoms with van der Waals surface area (Å²) in [6.07, 6.45) is 3.48. The Morgan fingerprint density at radius 3 is 2.60 bits per heavy atom. The molecule has 1 aliphatic rings. The maximum Gasteiger partial charge on any atom is 0.210 e. The molecule has 1 aromatic heterocycles. The van der Waals surface area contributed by atoms with Crippen molar-refractivity contribution < 1.29 is 8.42 Å². The van der Waals surface area contributed by atoms with Crippen molar-refractivity contribution in [2.75, 3.05) is 17.7 Å². The normalized spacial score (nSPS) is 18.9. The third kappa shape index (κ3) is 3.46. The van der Waals surface area contributed by atoms with Gasteiger partial charge in [0.1, 0.15) is 5.82 Å². The number of rotatable bonds is 5. The predicted molar refractivity (Wildman–Crippen MR) is 119 cm³/mol. The van der Waals surface area contributed by atoms with Crippen molar-refractivity contribution in [3.05, 3.63) is 65.6 Å². The van der Waals surface area contributed by atoms with Crippen LogP contribution >= 0.6 is 0 Å². The molecule has 156 valence electrons. The number of sulfone groups is 1. The molecule has 1 atom stereocenters. The molecule has 0 spiro atoms. The highest BCUT2D eigenvalue weighted by molar-refractivity contribution is 7.91. The van der Waals surface area contributed by atoms with Gasteiger partial charge < -0.3 is 10.2 Å². The minimum Gasteiger partial charge on any atom is -0.331 e. The third-order valence-corrected chi connectivity index (χ3v) is 7.09. The van der Waals surface area contributed by atoms with Gasteiger partial charge in [-0.05, 0) is 43.3 Å². The van der Waals surface area contributed by atoms with Crippen LogP contribution in [-0.4, -0.2) is 37.6 Å². The lowest BCUT2D eigenvalue weighted by atomic mass is 10.1. The summed E-state index contributed by atoms with van der Waals surface area (Å²) in [4.78, 5) is 6.63. The Hall–Kier alpha value is -3.17. The number of aryl methyl sites for hydroxylation is 1. The van der Waals surface area contributed by atoms with Crippen LogP contribution in [0.3, 0.4) is 0 Å². The van der Waals surface area contributed by atoms with E-state index in [0.29, 0.717) is 5.56 Å². The van der Waals surface area contributed by atoms with Crippen LogP contribution in [0.25, 0.3) is 10.9 Å². The first-order valence-corrected chi connectivity index (χ1v) is 11.2. The second-order valence-electron chi connectivity index (χ2n) is 7.26. The number of aliphatic imine (C=N–C) groups is 1. The van der Waals surface area contributed by atoms with E-state index in [1.807, 2.05) is 43.1 Å². The van der Waals surface area contributed by atoms with Crippen LogP contribution in [0.15, 0.2) is 64.2 Å². The summed E-state index contributed by atoms with van der Waals surface area (Å²) in [6.45, 7) is 3.61. The van der Waals surface area contributed by atoms with Crippen LogP contribution in [0.1, 0.15) is 18.2 Å². The first-order valence-electron chi connectivity index (χ1n) is 9.58. The molecule has 0 fully saturated rings. The van der Waals surface area contributed by atoms with Crippen molar-refractivity contribution in [2.24, 2.45) is 10.7 Å². The molecule has 1 aliphatic heterocycles. The summed E-state index contributed by atoms with van der Waals surface area (Å²) in [6, 6.07) is 12.5. The molecule has 0 radical (unpaired) electrons. The van der Waals surface area contributed by atoms with E-state index in [9.17, 15) is 8.42 Å². The van der Waals surface area contributed by atoms with E-state index in [-0.39, 0.29) is 10.6 Å². The van der Waals surface area contributed by atoms with E-state index >= 15 is 0 Å². The van der Waals surface area contributed by atoms with Gasteiger partial charge in [0.2, 0.25) is 5.79 Å². The van der Waals surface area contributed by atoms with Gasteiger partial charge in [0.15, 0.2) is 9.84 Å². The minimum absolute atomic E-state index is 0.0497. The summed E-state index contributed by atoms with van der Waals surface area (Å²) in [7, 11) is -1.34. The number of nitrogens with one attached hydrogen (secondary N) is 2. The number of anilines is 1. The monoisotopic (exact) mass is 424 g/mol. The first kappa shape index (κ1) is 20.1. The molecule has 4 N–H and O–H groups in total. The Labute approximate surface area is 175 Å². The Morgan fingerprint density at radius 2 is 1.90 bits per heavy atom. The van der Waals surface area contributed by atoms with Crippen LogP contribution in [-0.2, 0) is 15.6 Å². The van der Waals surface area contributed by atoms with Crippen molar-refractivity contribution in [1.82, 2.24) is 15.5 Å². The fourth-order valence-corrected chi connectivity index (χ4v) is 4.29. The highest BCUT2D eigenvalue weighted by atomic mass is 32.2. The molecule has 9 heteroatoms. The highest BCUT2D eigenvalue weighted by Crippen LogP contribution is 2.27. The van der Waals surface area contributed by atoms with Gasteiger partial charge in [-0.15, -0.1) is 0 Å². The third-order valence-electron chi connectivity index (χ3n) is 5.34. The first-order chi connectivity index (χ1) is 14.2. The van der Waals surface area contributed by atoms with Gasteiger partial charge in [0.25, 0.3) is 0 Å². The largest absolute Gasteiger partial charge is 0.331 e. The van der Waals surface area contributed by atoms with E-state index < -0.39 is 15.6 Å². The molecular weight excluding hydrogens is 400 g/mol. The summed E-state index contributed by atoms with van der Waals surface area (Å²) in [5.74, 6) is -0.405. The van der Waals surface area contributed by atoms with Gasteiger partial charge in [-0.25, -0.2) is 13.4 Å². The SMILES string of the molecule is CCS(=O)(=O)c1ccc(C2(N)N=CC=C(N(C)c3ccc4c(C)[nH]nc4c3)N2)cc1. The number of benzene rings is 2. The minimum atomic E-state index is -3.27. The van der Waals surface area contributed by atoms with Crippen molar-refractivity contribution in [2.45, 2.75) is 24.5 Å². The smallest absolute Gasteiger partial charge is 0.210 e. The van der Waals surface area contributed by atoms with E-state index in [1.54, 1.807) is 37.4 Å². The van der Waals surface area contributed by atoms with Gasteiger partial charge in [-0.3, -0.25) is 10.8 Å². The second kappa shape index (κ2) is 7.26. The molecule has 3 aromatic rings. The van der Waals surface area contributed by atoms with E-state index in [2.05, 4.69) is 20.5 Å². The van der Waals surface area contributed by atoms with E-state index in [4.69, 9.17) is 5.73 Å². The number of nitrogens with zero attached hydrogens (tertiary/aromatic N) is 3. The fourth-order valence-electron chi connectivity index (χ4n) is 3.40. The standard InChI is InChI=1S/C21H24N6O2S/c1-4-30(28,29)17-8-5-15(6-9-17)21(22)23-12-11-20(24-21)27(3)16-7-10-18-14(2)25-26-19(18)13-16/h5-13,24H,4,22H2,1-3H3,(H,25,26). The van der Waals surface area contributed by atoms with E-state index in [1.165, 1.54) is 0 Å². The molecular formula is C21H24N6O2S. The Balaban J connectivity index is 1.60. The number of nitrogens with two attached hydrogens (primary N) is 1. The Bertz CT molecular complexity index is 1260. The maximum atomic E-state index is 12.1. The molecule has 2 heterocycles. The van der Waals surface area contributed by atoms with Crippen LogP contribution in [0.5, 0.6) is 0 Å². The molecule has 4 rings (SSSR count). The van der Waals surface area contributed by atoms with Gasteiger partial charge in [-0.1, -0.05) is 19.1 Å². The zero-order chi connectivity index (χ0) is 21.5. The lowest BCUT2D eigenvalue weighted by molar-refractivity contribution is 0.392. The molecule has 8 nitrogen and oxygen atoms in total. The van der Waals surface area contributed by atoms with Gasteiger partial charge in [0, 0.05) is 35.6 Å². The van der Waals surface area contributed by atoms with Crippen molar-refractivity contribution in [3.8, 4) is 0 Å². The van der Waals surface area contributed by atoms with E-state index in [0.717, 1.165) is 28.1 Å². The average molecular weight is 425 g/mol. The Kier molecular flexibility index (Phi) is 4.87. The molecule has 0 amide bonds. The molecule has 0 bridgehead atoms. The number of fused-ring (bicyclic) bond motifs is 1. The lowest BCUT2D eigenvalue weighted by Crippen LogP contribution is -2.52. The summed E-state index contributed by atoms with van der Waals surface area (Å²) < 4.78 is 24.1. The number of aromatic nitrogens is 2. The summed E-state index contributed by atoms with van der Waals surface area (Å²) in [5.41, 5.74) is 10.0. The fraction of sp³-hybridized carbons (Fsp3) is 0.238. The number of hydrogen-bond acceptors (Lipinski definition) is 7. The number of aromatic amines is 1. The predicted octanol–water partition coefficient (Wildman–Crippen LogP) is 2.39. The average Bonchev–Trinajstić information content (AvgIpc) is 3.13. The topological polar surface area (TPSA) is 116 Å². The van der Waals surface area contributed by atoms with Gasteiger partial charge in [0.05, 0.1) is 16.2 Å². The summed E-state index contributed by atoms with van der Waals surface area (Å²) in [5, 5.41) is 11.7. The van der Waals surface area contributed by atoms with Crippen molar-refractivity contribution >= 4 is 32.6 Å². The zero-order valence-corrected chi connectivity index (χ0v) is 17.9. The van der Waals surface area contributed by atoms with Gasteiger partial charge in [-0.2, -0.15) is 5.10 Å². The molecule has 0 aliphatic carbocycles. The van der Waals surface area contributed by atoms with Crippen molar-refractivity contribution in [3.63, 3.8) is 0 Å². The lowest BCUT2D eigenvalue weighted by Gasteiger charge is -2.35. The van der Waals surface area contributed by atoms with Crippen LogP contribution in [0.2, 0.25) is 0 Å². The molecule has 2 aromatic carbocycles. The number of H-pyrrole nitrogens is 1. The van der Waals surface area contributed by atoms with Gasteiger partial charge >= 0.3 is 0 Å². The second-order valence-corrected chi connectivity index (χ2v) is 9.54. The summed E-state index contributed by atoms with van der Waals surface area (Å²) >= 11 is 0. The quantitative estimate of drug-likeness (QED) is 0.579. The molecule has 0 saturated carbocycles. The molecule has 0 saturated heterocycles. The Morgan fingerprint density at radius 1 is 1.17 bits per heavy atom. The highest BCUT2D eigenvalue weighted by Gasteiger charge is 2.30. The molecule has 1 unspecified atom stereocenters. The van der Waals surface area contributed by atoms with Crippen molar-refractivity contribution in [1.29, 1.82) is 0 Å². The molecule has 30 heavy (non-hydrogen) atoms. The van der Waals surface area contributed by atoms with Crippen LogP contribution in [0, 0.1) is 6.92 Å². The number of allylic oxidation sites excluding steroid dienone is 1. The zero-order valence-electron chi connectivity index (χ0n) is 17.0. The maximum absolute atomic E-state index is 12.1.